The summed E-state index contributed by atoms with van der Waals surface area (Å²) in [4.78, 5) is 63.7. The van der Waals surface area contributed by atoms with Gasteiger partial charge in [-0.2, -0.15) is 0 Å². The molecule has 580 valence electrons. The summed E-state index contributed by atoms with van der Waals surface area (Å²) in [7, 11) is 0. The highest BCUT2D eigenvalue weighted by Gasteiger charge is 2.56. The van der Waals surface area contributed by atoms with Crippen LogP contribution in [0.3, 0.4) is 0 Å². The van der Waals surface area contributed by atoms with Crippen molar-refractivity contribution in [1.82, 2.24) is 26.6 Å². The Morgan fingerprint density at radius 2 is 0.762 bits per heavy atom. The summed E-state index contributed by atoms with van der Waals surface area (Å²) >= 11 is 0. The number of aliphatic hydroxyl groups is 14. The highest BCUT2D eigenvalue weighted by Crippen LogP contribution is 2.36. The van der Waals surface area contributed by atoms with E-state index in [9.17, 15) is 95.5 Å². The number of hydrogen-bond acceptors (Lipinski definition) is 33. The molecular formula is C63H108N8O30. The van der Waals surface area contributed by atoms with E-state index >= 15 is 0 Å². The van der Waals surface area contributed by atoms with Gasteiger partial charge in [-0.3, -0.25) is 9.59 Å². The molecule has 30 atom stereocenters. The lowest BCUT2D eigenvalue weighted by Gasteiger charge is -2.49. The van der Waals surface area contributed by atoms with Gasteiger partial charge in [0.1, 0.15) is 139 Å². The van der Waals surface area contributed by atoms with Crippen molar-refractivity contribution in [3.63, 3.8) is 0 Å². The topological polar surface area (TPSA) is 608 Å². The zero-order valence-electron chi connectivity index (χ0n) is 58.0. The van der Waals surface area contributed by atoms with Crippen LogP contribution in [-0.2, 0) is 61.7 Å². The van der Waals surface area contributed by atoms with Gasteiger partial charge in [-0.25, -0.2) is 14.4 Å². The summed E-state index contributed by atoms with van der Waals surface area (Å²) in [6.45, 7) is 12.3. The lowest BCUT2D eigenvalue weighted by atomic mass is 9.83. The molecule has 5 amide bonds. The van der Waals surface area contributed by atoms with Crippen molar-refractivity contribution in [2.45, 2.75) is 314 Å². The minimum atomic E-state index is -1.99. The molecule has 4 saturated heterocycles. The van der Waals surface area contributed by atoms with E-state index in [1.54, 1.807) is 62.3 Å². The summed E-state index contributed by atoms with van der Waals surface area (Å²) < 4.78 is 62.5. The Morgan fingerprint density at radius 1 is 0.426 bits per heavy atom. The van der Waals surface area contributed by atoms with E-state index in [2.05, 4.69) is 38.4 Å². The number of amides is 5. The molecule has 101 heavy (non-hydrogen) atoms. The van der Waals surface area contributed by atoms with Crippen LogP contribution < -0.4 is 43.8 Å². The third kappa shape index (κ3) is 24.7. The Bertz CT molecular complexity index is 2720. The van der Waals surface area contributed by atoms with Crippen LogP contribution in [0.4, 0.5) is 14.4 Å². The Labute approximate surface area is 584 Å². The summed E-state index contributed by atoms with van der Waals surface area (Å²) in [5, 5.41) is 162. The highest BCUT2D eigenvalue weighted by molar-refractivity contribution is 5.76. The molecular weight excluding hydrogens is 1350 g/mol. The number of terminal acetylenes is 2. The molecule has 0 radical (unpaired) electrons. The predicted molar refractivity (Wildman–Crippen MR) is 344 cm³/mol. The lowest BCUT2D eigenvalue weighted by Crippen LogP contribution is -2.70. The zero-order chi connectivity index (χ0) is 75.9. The summed E-state index contributed by atoms with van der Waals surface area (Å²) in [6.07, 6.45) is -29.7. The third-order valence-corrected chi connectivity index (χ3v) is 16.9. The maximum absolute atomic E-state index is 13.2. The Balaban J connectivity index is 0.000000396. The molecule has 0 bridgehead atoms. The minimum absolute atomic E-state index is 0.0401. The van der Waals surface area contributed by atoms with Crippen molar-refractivity contribution in [2.75, 3.05) is 26.3 Å². The zero-order valence-corrected chi connectivity index (χ0v) is 58.0. The highest BCUT2D eigenvalue weighted by atomic mass is 16.7. The number of aliphatic hydroxyl groups excluding tert-OH is 14. The van der Waals surface area contributed by atoms with E-state index in [1.165, 1.54) is 0 Å². The molecule has 38 nitrogen and oxygen atoms in total. The molecule has 0 aromatic rings. The number of carbonyl (C=O) groups excluding carboxylic acids is 5. The number of nitrogens with two attached hydrogens (primary N) is 3. The number of alkyl carbamates (subject to hydrolysis) is 3. The summed E-state index contributed by atoms with van der Waals surface area (Å²) in [5.74, 6) is 4.04. The molecule has 25 N–H and O–H groups in total. The maximum Gasteiger partial charge on any atom is 0.408 e. The van der Waals surface area contributed by atoms with Gasteiger partial charge in [0.2, 0.25) is 11.8 Å². The van der Waals surface area contributed by atoms with Crippen LogP contribution in [0.5, 0.6) is 0 Å². The largest absolute Gasteiger partial charge is 0.444 e. The predicted octanol–water partition coefficient (Wildman–Crippen LogP) is -7.96. The van der Waals surface area contributed by atoms with E-state index in [0.29, 0.717) is 25.7 Å². The lowest BCUT2D eigenvalue weighted by molar-refractivity contribution is -0.334. The number of unbranched alkanes of at least 4 members (excludes halogenated alkanes) is 2. The van der Waals surface area contributed by atoms with Crippen LogP contribution in [-0.4, -0.2) is 328 Å². The molecule has 0 aromatic heterocycles. The molecule has 6 fully saturated rings. The van der Waals surface area contributed by atoms with Gasteiger partial charge >= 0.3 is 18.3 Å². The fourth-order valence-electron chi connectivity index (χ4n) is 11.8. The molecule has 4 heterocycles. The first-order chi connectivity index (χ1) is 47.0. The molecule has 4 aliphatic heterocycles. The van der Waals surface area contributed by atoms with Gasteiger partial charge in [-0.1, -0.05) is 0 Å². The van der Waals surface area contributed by atoms with Gasteiger partial charge in [-0.05, 0) is 88.0 Å². The molecule has 2 aliphatic carbocycles. The first kappa shape index (κ1) is 86.5. The molecule has 2 saturated carbocycles. The van der Waals surface area contributed by atoms with Crippen molar-refractivity contribution in [2.24, 2.45) is 17.2 Å². The monoisotopic (exact) mass is 1460 g/mol. The number of carbonyl (C=O) groups is 5. The van der Waals surface area contributed by atoms with Gasteiger partial charge in [0.05, 0.1) is 37.4 Å². The van der Waals surface area contributed by atoms with E-state index in [4.69, 9.17) is 82.2 Å². The first-order valence-corrected chi connectivity index (χ1v) is 33.3. The van der Waals surface area contributed by atoms with Crippen LogP contribution in [0.1, 0.15) is 114 Å². The van der Waals surface area contributed by atoms with Gasteiger partial charge in [0.25, 0.3) is 0 Å². The van der Waals surface area contributed by atoms with Gasteiger partial charge in [0, 0.05) is 50.9 Å². The van der Waals surface area contributed by atoms with Crippen LogP contribution in [0.2, 0.25) is 0 Å². The smallest absolute Gasteiger partial charge is 0.408 e. The van der Waals surface area contributed by atoms with Gasteiger partial charge in [-0.15, -0.1) is 24.7 Å². The van der Waals surface area contributed by atoms with Crippen molar-refractivity contribution in [3.8, 4) is 24.7 Å². The molecule has 38 heteroatoms. The second kappa shape index (κ2) is 38.2. The normalized spacial score (nSPS) is 39.1. The van der Waals surface area contributed by atoms with E-state index < -0.39 is 238 Å². The second-order valence-corrected chi connectivity index (χ2v) is 28.6. The molecule has 0 aromatic carbocycles. The standard InChI is InChI=1S/C39H66N4O18.C24H42N4O12/c1-11-12-13-14-22(45)40-16-20-25(47)27(49)28(50)33(55-20)58-31-19(42-35(53)60-38(5,6)7)15-18(41-34(52)59-37(2,3)4)30(29(31)51)57-32-26(48)23(24(46)21(17-44)56-32)43-36(54)61-39(8,9)10;1-2-3-4-5-13(30)28-7-11-16(32)18(34)19(35)24(37-11)40-22-10(26)6-9(25)21(20(22)36)39-23-17(33)14(27)15(31)12(8-29)38-23/h1,18-21,23-33,44,46-51H,12-17H2,2-10H3,(H,40,45)(H,41,52)(H,42,53)(H,43,54);1,9-12,14-24,29,31-36H,3-8,25-27H2,(H,28,30)/t18-,19?,20?,21?,23?,24+,25-,26?,27+,28?,29-,30?,31-,32+,33-;9-,10?,11?,12?,14?,15+,16-,17?,18+,19?,20-,21?,22-,23+,24-/m11/s1. The number of rotatable bonds is 23. The Morgan fingerprint density at radius 3 is 1.14 bits per heavy atom. The number of nitrogens with one attached hydrogen (secondary N) is 5. The molecule has 6 rings (SSSR count). The van der Waals surface area contributed by atoms with Gasteiger partial charge < -0.3 is 167 Å². The summed E-state index contributed by atoms with van der Waals surface area (Å²) in [6, 6.07) is -7.24. The van der Waals surface area contributed by atoms with Crippen LogP contribution in [0, 0.1) is 24.7 Å². The molecule has 14 unspecified atom stereocenters. The van der Waals surface area contributed by atoms with Crippen LogP contribution in [0.25, 0.3) is 0 Å². The van der Waals surface area contributed by atoms with Crippen molar-refractivity contribution in [3.05, 3.63) is 0 Å². The quantitative estimate of drug-likeness (QED) is 0.0257. The fourth-order valence-corrected chi connectivity index (χ4v) is 11.8. The van der Waals surface area contributed by atoms with Crippen molar-refractivity contribution in [1.29, 1.82) is 0 Å². The van der Waals surface area contributed by atoms with E-state index in [1.807, 2.05) is 0 Å². The minimum Gasteiger partial charge on any atom is -0.444 e. The average Bonchev–Trinajstić information content (AvgIpc) is 0.778. The van der Waals surface area contributed by atoms with E-state index in [0.717, 1.165) is 0 Å². The Hall–Kier alpha value is -5.13. The maximum atomic E-state index is 13.2. The third-order valence-electron chi connectivity index (χ3n) is 16.9. The average molecular weight is 1460 g/mol. The van der Waals surface area contributed by atoms with Crippen molar-refractivity contribution < 1.29 is 148 Å². The van der Waals surface area contributed by atoms with Gasteiger partial charge in [0.15, 0.2) is 25.2 Å². The first-order valence-electron chi connectivity index (χ1n) is 33.3. The fraction of sp³-hybridized carbons (Fsp3) is 0.857. The SMILES string of the molecule is C#CCCCC(=O)NCC1O[C@H](O[C@@H]2C(N)C[C@@H](N)C(O[C@@H]3OC(CO)[C@H](O)C(N)C3O)[C@H]2O)C(O)[C@@H](O)[C@@H]1O.C#CCCCC(=O)NCC1O[C@H](O[C@@H]2C(NC(=O)OC(C)(C)C)C[C@@H](NC(=O)OC(C)(C)C)C(O[C@@H]3OC(CO)[C@H](O)C(NC(=O)OC(C)(C)C)C3O)[C@H]2O)C(O)[C@@H](O)[C@@H]1O. The number of ether oxygens (including phenoxy) is 11. The van der Waals surface area contributed by atoms with E-state index in [-0.39, 0.29) is 44.7 Å². The Kier molecular flexibility index (Phi) is 32.7. The van der Waals surface area contributed by atoms with Crippen molar-refractivity contribution >= 4 is 30.1 Å². The van der Waals surface area contributed by atoms with Crippen LogP contribution >= 0.6 is 0 Å². The molecule has 6 aliphatic rings. The van der Waals surface area contributed by atoms with Crippen LogP contribution in [0.15, 0.2) is 0 Å². The number of hydrogen-bond donors (Lipinski definition) is 22. The molecule has 0 spiro atoms. The summed E-state index contributed by atoms with van der Waals surface area (Å²) in [5.41, 5.74) is 15.1. The second-order valence-electron chi connectivity index (χ2n) is 28.6.